The molecule has 0 heterocycles. The number of rotatable bonds is 11. The van der Waals surface area contributed by atoms with Crippen molar-refractivity contribution in [3.05, 3.63) is 107 Å². The van der Waals surface area contributed by atoms with Crippen LogP contribution < -0.4 is 10.6 Å². The van der Waals surface area contributed by atoms with E-state index in [9.17, 15) is 19.2 Å². The second-order valence-electron chi connectivity index (χ2n) is 10.4. The Bertz CT molecular complexity index is 1300. The zero-order chi connectivity index (χ0) is 29.8. The summed E-state index contributed by atoms with van der Waals surface area (Å²) in [7, 11) is 1.23. The molecule has 0 radical (unpaired) electrons. The first-order chi connectivity index (χ1) is 19.5. The number of hydrogen-bond donors (Lipinski definition) is 2. The number of nitrogens with one attached hydrogen (secondary N) is 2. The predicted molar refractivity (Wildman–Crippen MR) is 153 cm³/mol. The molecule has 3 aromatic rings. The van der Waals surface area contributed by atoms with Gasteiger partial charge >= 0.3 is 18.0 Å². The highest BCUT2D eigenvalue weighted by molar-refractivity contribution is 5.91. The van der Waals surface area contributed by atoms with Crippen LogP contribution in [0.25, 0.3) is 0 Å². The Hall–Kier alpha value is -4.66. The van der Waals surface area contributed by atoms with Gasteiger partial charge in [0.05, 0.1) is 12.7 Å². The molecule has 2 N–H and O–H groups in total. The van der Waals surface area contributed by atoms with Crippen LogP contribution in [0.4, 0.5) is 4.79 Å². The van der Waals surface area contributed by atoms with Crippen molar-refractivity contribution in [2.45, 2.75) is 57.9 Å². The summed E-state index contributed by atoms with van der Waals surface area (Å²) in [6.07, 6.45) is -0.493. The molecule has 0 spiro atoms. The van der Waals surface area contributed by atoms with E-state index in [4.69, 9.17) is 14.2 Å². The lowest BCUT2D eigenvalue weighted by Crippen LogP contribution is -2.53. The van der Waals surface area contributed by atoms with Gasteiger partial charge < -0.3 is 24.8 Å². The summed E-state index contributed by atoms with van der Waals surface area (Å²) in [5.74, 6) is -1.69. The average molecular weight is 561 g/mol. The molecular weight excluding hydrogens is 524 g/mol. The largest absolute Gasteiger partial charge is 0.467 e. The molecule has 0 aliphatic rings. The number of esters is 2. The minimum Gasteiger partial charge on any atom is -0.467 e. The quantitative estimate of drug-likeness (QED) is 0.264. The molecule has 0 aliphatic heterocycles. The molecule has 9 heteroatoms. The van der Waals surface area contributed by atoms with E-state index in [0.717, 1.165) is 11.1 Å². The summed E-state index contributed by atoms with van der Waals surface area (Å²) in [5, 5.41) is 5.33. The van der Waals surface area contributed by atoms with Crippen molar-refractivity contribution in [1.29, 1.82) is 0 Å². The van der Waals surface area contributed by atoms with Gasteiger partial charge in [-0.2, -0.15) is 0 Å². The van der Waals surface area contributed by atoms with Gasteiger partial charge in [-0.05, 0) is 49.6 Å². The summed E-state index contributed by atoms with van der Waals surface area (Å²) in [6, 6.07) is 22.8. The van der Waals surface area contributed by atoms with Crippen LogP contribution in [0.2, 0.25) is 0 Å². The molecule has 0 saturated heterocycles. The van der Waals surface area contributed by atoms with E-state index < -0.39 is 41.6 Å². The van der Waals surface area contributed by atoms with Crippen LogP contribution in [0.5, 0.6) is 0 Å². The van der Waals surface area contributed by atoms with Crippen molar-refractivity contribution in [2.24, 2.45) is 0 Å². The average Bonchev–Trinajstić information content (AvgIpc) is 2.95. The van der Waals surface area contributed by atoms with Crippen LogP contribution >= 0.6 is 0 Å². The Morgan fingerprint density at radius 1 is 0.707 bits per heavy atom. The summed E-state index contributed by atoms with van der Waals surface area (Å²) in [5.41, 5.74) is 2.03. The van der Waals surface area contributed by atoms with Crippen LogP contribution in [0, 0.1) is 0 Å². The van der Waals surface area contributed by atoms with Gasteiger partial charge in [0.25, 0.3) is 0 Å². The molecule has 3 aromatic carbocycles. The third-order valence-electron chi connectivity index (χ3n) is 5.93. The molecule has 0 saturated carbocycles. The number of alkyl carbamates (subject to hydrolysis) is 1. The van der Waals surface area contributed by atoms with Gasteiger partial charge in [-0.15, -0.1) is 0 Å². The highest BCUT2D eigenvalue weighted by Crippen LogP contribution is 2.14. The summed E-state index contributed by atoms with van der Waals surface area (Å²) < 4.78 is 15.6. The van der Waals surface area contributed by atoms with Crippen LogP contribution in [-0.2, 0) is 43.2 Å². The second kappa shape index (κ2) is 14.6. The smallest absolute Gasteiger partial charge is 0.408 e. The van der Waals surface area contributed by atoms with E-state index in [1.54, 1.807) is 45.0 Å². The fourth-order valence-corrected chi connectivity index (χ4v) is 3.92. The Labute approximate surface area is 240 Å². The third-order valence-corrected chi connectivity index (χ3v) is 5.93. The van der Waals surface area contributed by atoms with Gasteiger partial charge in [0.1, 0.15) is 24.3 Å². The maximum absolute atomic E-state index is 13.4. The summed E-state index contributed by atoms with van der Waals surface area (Å²) in [4.78, 5) is 51.0. The van der Waals surface area contributed by atoms with Crippen molar-refractivity contribution in [3.8, 4) is 0 Å². The fourth-order valence-electron chi connectivity index (χ4n) is 3.92. The zero-order valence-corrected chi connectivity index (χ0v) is 23.7. The third kappa shape index (κ3) is 10.4. The van der Waals surface area contributed by atoms with Gasteiger partial charge in [-0.3, -0.25) is 4.79 Å². The lowest BCUT2D eigenvalue weighted by atomic mass is 10.0. The minimum absolute atomic E-state index is 0.0381. The highest BCUT2D eigenvalue weighted by Gasteiger charge is 2.28. The van der Waals surface area contributed by atoms with Gasteiger partial charge in [0.15, 0.2) is 0 Å². The Kier molecular flexibility index (Phi) is 11.0. The van der Waals surface area contributed by atoms with Crippen LogP contribution in [0.15, 0.2) is 84.9 Å². The maximum Gasteiger partial charge on any atom is 0.408 e. The first-order valence-corrected chi connectivity index (χ1v) is 13.3. The van der Waals surface area contributed by atoms with E-state index in [0.29, 0.717) is 11.1 Å². The van der Waals surface area contributed by atoms with Crippen molar-refractivity contribution in [2.75, 3.05) is 7.11 Å². The summed E-state index contributed by atoms with van der Waals surface area (Å²) >= 11 is 0. The molecule has 41 heavy (non-hydrogen) atoms. The van der Waals surface area contributed by atoms with Crippen molar-refractivity contribution >= 4 is 23.9 Å². The standard InChI is InChI=1S/C32H36N2O7/c1-32(2,3)41-29(36)25-17-15-23(16-18-25)20-27(30(37)39-4)33-28(35)26(19-22-11-7-5-8-12-22)34-31(38)40-21-24-13-9-6-10-14-24/h5-18,26-27H,19-21H2,1-4H3,(H,33,35)(H,34,38)/t26-,27+/m1/s1. The lowest BCUT2D eigenvalue weighted by molar-refractivity contribution is -0.145. The van der Waals surface area contributed by atoms with E-state index >= 15 is 0 Å². The van der Waals surface area contributed by atoms with Crippen molar-refractivity contribution in [3.63, 3.8) is 0 Å². The molecule has 0 fully saturated rings. The van der Waals surface area contributed by atoms with Crippen LogP contribution in [0.1, 0.15) is 47.8 Å². The second-order valence-corrected chi connectivity index (χ2v) is 10.4. The maximum atomic E-state index is 13.4. The molecule has 0 aliphatic carbocycles. The Morgan fingerprint density at radius 2 is 1.24 bits per heavy atom. The number of carbonyl (C=O) groups is 4. The van der Waals surface area contributed by atoms with E-state index in [1.165, 1.54) is 7.11 Å². The molecule has 0 unspecified atom stereocenters. The Morgan fingerprint density at radius 3 is 1.80 bits per heavy atom. The van der Waals surface area contributed by atoms with E-state index in [1.807, 2.05) is 60.7 Å². The number of benzene rings is 3. The Balaban J connectivity index is 1.71. The highest BCUT2D eigenvalue weighted by atomic mass is 16.6. The molecule has 0 aromatic heterocycles. The van der Waals surface area contributed by atoms with Gasteiger partial charge in [-0.1, -0.05) is 72.8 Å². The SMILES string of the molecule is COC(=O)[C@H](Cc1ccc(C(=O)OC(C)(C)C)cc1)NC(=O)[C@@H](Cc1ccccc1)NC(=O)OCc1ccccc1. The topological polar surface area (TPSA) is 120 Å². The number of amides is 2. The zero-order valence-electron chi connectivity index (χ0n) is 23.7. The molecule has 216 valence electrons. The van der Waals surface area contributed by atoms with Gasteiger partial charge in [0.2, 0.25) is 5.91 Å². The van der Waals surface area contributed by atoms with Crippen molar-refractivity contribution in [1.82, 2.24) is 10.6 Å². The number of ether oxygens (including phenoxy) is 3. The normalized spacial score (nSPS) is 12.4. The lowest BCUT2D eigenvalue weighted by Gasteiger charge is -2.22. The molecular formula is C32H36N2O7. The number of hydrogen-bond acceptors (Lipinski definition) is 7. The molecule has 2 atom stereocenters. The monoisotopic (exact) mass is 560 g/mol. The molecule has 3 rings (SSSR count). The van der Waals surface area contributed by atoms with Crippen molar-refractivity contribution < 1.29 is 33.4 Å². The molecule has 9 nitrogen and oxygen atoms in total. The van der Waals surface area contributed by atoms with Crippen LogP contribution in [-0.4, -0.2) is 48.7 Å². The van der Waals surface area contributed by atoms with E-state index in [-0.39, 0.29) is 19.4 Å². The van der Waals surface area contributed by atoms with Gasteiger partial charge in [-0.25, -0.2) is 14.4 Å². The minimum atomic E-state index is -1.04. The first-order valence-electron chi connectivity index (χ1n) is 13.3. The summed E-state index contributed by atoms with van der Waals surface area (Å²) in [6.45, 7) is 5.39. The number of methoxy groups -OCH3 is 1. The molecule has 2 amide bonds. The van der Waals surface area contributed by atoms with Crippen LogP contribution in [0.3, 0.4) is 0 Å². The number of carbonyl (C=O) groups excluding carboxylic acids is 4. The van der Waals surface area contributed by atoms with Gasteiger partial charge in [0, 0.05) is 12.8 Å². The predicted octanol–water partition coefficient (Wildman–Crippen LogP) is 4.38. The fraction of sp³-hybridized carbons (Fsp3) is 0.312. The van der Waals surface area contributed by atoms with E-state index in [2.05, 4.69) is 10.6 Å². The molecule has 0 bridgehead atoms. The first kappa shape index (κ1) is 30.9.